The summed E-state index contributed by atoms with van der Waals surface area (Å²) in [7, 11) is 0. The number of carbonyl (C=O) groups excluding carboxylic acids is 1. The molecule has 0 atom stereocenters. The summed E-state index contributed by atoms with van der Waals surface area (Å²) < 4.78 is 5.71. The molecule has 3 rings (SSSR count). The molecule has 0 unspecified atom stereocenters. The number of carbonyl (C=O) groups is 1. The third-order valence-corrected chi connectivity index (χ3v) is 4.63. The summed E-state index contributed by atoms with van der Waals surface area (Å²) in [5.41, 5.74) is 4.50. The van der Waals surface area contributed by atoms with Crippen LogP contribution in [0.2, 0.25) is 0 Å². The molecule has 0 aliphatic heterocycles. The molecule has 0 fully saturated rings. The second kappa shape index (κ2) is 7.49. The summed E-state index contributed by atoms with van der Waals surface area (Å²) >= 11 is 1.60. The molecular formula is C20H20N2O2S. The number of nitrogens with one attached hydrogen (secondary N) is 1. The van der Waals surface area contributed by atoms with Crippen molar-refractivity contribution in [2.24, 2.45) is 0 Å². The summed E-state index contributed by atoms with van der Waals surface area (Å²) in [5, 5.41) is 5.97. The van der Waals surface area contributed by atoms with Gasteiger partial charge in [0.15, 0.2) is 0 Å². The molecule has 2 aromatic carbocycles. The van der Waals surface area contributed by atoms with Crippen LogP contribution >= 0.6 is 11.3 Å². The number of benzene rings is 2. The molecule has 1 heterocycles. The molecule has 0 radical (unpaired) electrons. The number of nitrogens with zero attached hydrogens (tertiary/aromatic N) is 1. The lowest BCUT2D eigenvalue weighted by Crippen LogP contribution is -2.12. The third-order valence-electron chi connectivity index (χ3n) is 3.81. The molecule has 1 amide bonds. The second-order valence-electron chi connectivity index (χ2n) is 5.94. The average molecular weight is 352 g/mol. The first-order valence-corrected chi connectivity index (χ1v) is 8.92. The van der Waals surface area contributed by atoms with Crippen LogP contribution in [0, 0.1) is 20.8 Å². The van der Waals surface area contributed by atoms with Crippen molar-refractivity contribution in [3.05, 3.63) is 75.2 Å². The molecular weight excluding hydrogens is 332 g/mol. The van der Waals surface area contributed by atoms with E-state index >= 15 is 0 Å². The maximum atomic E-state index is 12.4. The number of rotatable bonds is 5. The Labute approximate surface area is 151 Å². The van der Waals surface area contributed by atoms with Gasteiger partial charge in [-0.3, -0.25) is 4.79 Å². The Morgan fingerprint density at radius 2 is 1.88 bits per heavy atom. The van der Waals surface area contributed by atoms with Crippen molar-refractivity contribution in [1.82, 2.24) is 4.98 Å². The van der Waals surface area contributed by atoms with Gasteiger partial charge in [-0.15, -0.1) is 11.3 Å². The van der Waals surface area contributed by atoms with Crippen LogP contribution in [0.4, 0.5) is 5.69 Å². The Hall–Kier alpha value is -2.66. The molecule has 0 aliphatic carbocycles. The van der Waals surface area contributed by atoms with Gasteiger partial charge in [0.25, 0.3) is 5.91 Å². The largest absolute Gasteiger partial charge is 0.487 e. The topological polar surface area (TPSA) is 51.2 Å². The zero-order valence-corrected chi connectivity index (χ0v) is 15.3. The van der Waals surface area contributed by atoms with Crippen LogP contribution in [0.1, 0.15) is 32.2 Å². The standard InChI is InChI=1S/C20H20N2O2S/c1-13-4-5-14(2)19(10-13)22-20(23)16-6-8-18(9-7-16)24-11-17-12-25-15(3)21-17/h4-10,12H,11H2,1-3H3,(H,22,23). The minimum atomic E-state index is -0.129. The SMILES string of the molecule is Cc1ccc(C)c(NC(=O)c2ccc(OCc3csc(C)n3)cc2)c1. The van der Waals surface area contributed by atoms with Gasteiger partial charge in [-0.05, 0) is 62.2 Å². The number of amides is 1. The lowest BCUT2D eigenvalue weighted by Gasteiger charge is -2.10. The van der Waals surface area contributed by atoms with Crippen LogP contribution in [-0.4, -0.2) is 10.9 Å². The van der Waals surface area contributed by atoms with Gasteiger partial charge >= 0.3 is 0 Å². The Morgan fingerprint density at radius 1 is 1.12 bits per heavy atom. The van der Waals surface area contributed by atoms with Crippen LogP contribution in [0.5, 0.6) is 5.75 Å². The first-order valence-electron chi connectivity index (χ1n) is 8.04. The van der Waals surface area contributed by atoms with Crippen LogP contribution in [0.15, 0.2) is 47.8 Å². The molecule has 128 valence electrons. The molecule has 1 N–H and O–H groups in total. The number of thiazole rings is 1. The maximum Gasteiger partial charge on any atom is 0.255 e. The van der Waals surface area contributed by atoms with Gasteiger partial charge in [-0.2, -0.15) is 0 Å². The number of hydrogen-bond donors (Lipinski definition) is 1. The molecule has 0 saturated heterocycles. The van der Waals surface area contributed by atoms with E-state index in [4.69, 9.17) is 4.74 Å². The lowest BCUT2D eigenvalue weighted by atomic mass is 10.1. The third kappa shape index (κ3) is 4.45. The van der Waals surface area contributed by atoms with E-state index in [0.29, 0.717) is 17.9 Å². The van der Waals surface area contributed by atoms with E-state index in [9.17, 15) is 4.79 Å². The van der Waals surface area contributed by atoms with Crippen molar-refractivity contribution in [3.63, 3.8) is 0 Å². The molecule has 1 aromatic heterocycles. The molecule has 0 aliphatic rings. The summed E-state index contributed by atoms with van der Waals surface area (Å²) in [6.07, 6.45) is 0. The van der Waals surface area contributed by atoms with Crippen molar-refractivity contribution in [1.29, 1.82) is 0 Å². The number of ether oxygens (including phenoxy) is 1. The van der Waals surface area contributed by atoms with Gasteiger partial charge in [0.2, 0.25) is 0 Å². The quantitative estimate of drug-likeness (QED) is 0.710. The zero-order chi connectivity index (χ0) is 17.8. The number of aromatic nitrogens is 1. The second-order valence-corrected chi connectivity index (χ2v) is 7.01. The molecule has 3 aromatic rings. The summed E-state index contributed by atoms with van der Waals surface area (Å²) in [4.78, 5) is 16.8. The predicted molar refractivity (Wildman–Crippen MR) is 101 cm³/mol. The molecule has 5 heteroatoms. The van der Waals surface area contributed by atoms with Gasteiger partial charge in [-0.25, -0.2) is 4.98 Å². The van der Waals surface area contributed by atoms with Crippen molar-refractivity contribution in [3.8, 4) is 5.75 Å². The monoisotopic (exact) mass is 352 g/mol. The van der Waals surface area contributed by atoms with Crippen molar-refractivity contribution in [2.75, 3.05) is 5.32 Å². The molecule has 0 saturated carbocycles. The van der Waals surface area contributed by atoms with Gasteiger partial charge in [-0.1, -0.05) is 12.1 Å². The van der Waals surface area contributed by atoms with E-state index in [1.54, 1.807) is 35.6 Å². The maximum absolute atomic E-state index is 12.4. The number of anilines is 1. The summed E-state index contributed by atoms with van der Waals surface area (Å²) in [6, 6.07) is 13.1. The average Bonchev–Trinajstić information content (AvgIpc) is 3.02. The highest BCUT2D eigenvalue weighted by atomic mass is 32.1. The Kier molecular flexibility index (Phi) is 5.14. The van der Waals surface area contributed by atoms with E-state index in [1.165, 1.54) is 0 Å². The van der Waals surface area contributed by atoms with E-state index in [1.807, 2.05) is 44.4 Å². The number of aryl methyl sites for hydroxylation is 3. The fourth-order valence-corrected chi connectivity index (χ4v) is 3.00. The molecule has 25 heavy (non-hydrogen) atoms. The van der Waals surface area contributed by atoms with Gasteiger partial charge in [0, 0.05) is 16.6 Å². The predicted octanol–water partition coefficient (Wildman–Crippen LogP) is 4.90. The summed E-state index contributed by atoms with van der Waals surface area (Å²) in [5.74, 6) is 0.587. The lowest BCUT2D eigenvalue weighted by molar-refractivity contribution is 0.102. The van der Waals surface area contributed by atoms with Crippen molar-refractivity contribution >= 4 is 22.9 Å². The highest BCUT2D eigenvalue weighted by Crippen LogP contribution is 2.19. The first kappa shape index (κ1) is 17.2. The Balaban J connectivity index is 1.63. The van der Waals surface area contributed by atoms with E-state index in [-0.39, 0.29) is 5.91 Å². The Morgan fingerprint density at radius 3 is 2.56 bits per heavy atom. The van der Waals surface area contributed by atoms with Crippen molar-refractivity contribution in [2.45, 2.75) is 27.4 Å². The highest BCUT2D eigenvalue weighted by Gasteiger charge is 2.08. The van der Waals surface area contributed by atoms with Crippen LogP contribution in [0.3, 0.4) is 0 Å². The fraction of sp³-hybridized carbons (Fsp3) is 0.200. The van der Waals surface area contributed by atoms with Gasteiger partial charge in [0.1, 0.15) is 12.4 Å². The van der Waals surface area contributed by atoms with Gasteiger partial charge < -0.3 is 10.1 Å². The zero-order valence-electron chi connectivity index (χ0n) is 14.5. The first-order chi connectivity index (χ1) is 12.0. The van der Waals surface area contributed by atoms with E-state index in [2.05, 4.69) is 10.3 Å². The van der Waals surface area contributed by atoms with E-state index < -0.39 is 0 Å². The van der Waals surface area contributed by atoms with E-state index in [0.717, 1.165) is 27.5 Å². The fourth-order valence-electron chi connectivity index (χ4n) is 2.40. The van der Waals surface area contributed by atoms with Crippen LogP contribution in [-0.2, 0) is 6.61 Å². The minimum absolute atomic E-state index is 0.129. The molecule has 0 spiro atoms. The number of hydrogen-bond acceptors (Lipinski definition) is 4. The van der Waals surface area contributed by atoms with Gasteiger partial charge in [0.05, 0.1) is 10.7 Å². The van der Waals surface area contributed by atoms with Crippen LogP contribution in [0.25, 0.3) is 0 Å². The summed E-state index contributed by atoms with van der Waals surface area (Å²) in [6.45, 7) is 6.38. The highest BCUT2D eigenvalue weighted by molar-refractivity contribution is 7.09. The molecule has 0 bridgehead atoms. The molecule has 4 nitrogen and oxygen atoms in total. The normalized spacial score (nSPS) is 10.5. The Bertz CT molecular complexity index is 885. The van der Waals surface area contributed by atoms with Crippen molar-refractivity contribution < 1.29 is 9.53 Å². The smallest absolute Gasteiger partial charge is 0.255 e. The van der Waals surface area contributed by atoms with Crippen LogP contribution < -0.4 is 10.1 Å². The minimum Gasteiger partial charge on any atom is -0.487 e.